The fourth-order valence-corrected chi connectivity index (χ4v) is 1.91. The van der Waals surface area contributed by atoms with Crippen LogP contribution in [0.15, 0.2) is 24.8 Å². The molecule has 10 nitrogen and oxygen atoms in total. The molecule has 0 atom stereocenters. The van der Waals surface area contributed by atoms with Crippen molar-refractivity contribution < 1.29 is 48.4 Å². The van der Waals surface area contributed by atoms with E-state index in [4.69, 9.17) is 9.47 Å². The van der Waals surface area contributed by atoms with Crippen LogP contribution >= 0.6 is 0 Å². The molecular weight excluding hydrogens is 364 g/mol. The lowest BCUT2D eigenvalue weighted by atomic mass is 9.98. The molecule has 0 unspecified atom stereocenters. The van der Waals surface area contributed by atoms with Crippen LogP contribution in [0.2, 0.25) is 0 Å². The molecule has 0 aliphatic carbocycles. The topological polar surface area (TPSA) is 154 Å². The van der Waals surface area contributed by atoms with Crippen LogP contribution in [0.1, 0.15) is 48.4 Å². The summed E-state index contributed by atoms with van der Waals surface area (Å²) in [5.74, 6) is -6.11. The van der Waals surface area contributed by atoms with Gasteiger partial charge in [0.1, 0.15) is 13.2 Å². The van der Waals surface area contributed by atoms with Crippen molar-refractivity contribution in [3.8, 4) is 0 Å². The van der Waals surface area contributed by atoms with Crippen LogP contribution in [0, 0.1) is 0 Å². The zero-order valence-electron chi connectivity index (χ0n) is 14.2. The summed E-state index contributed by atoms with van der Waals surface area (Å²) in [7, 11) is 0. The van der Waals surface area contributed by atoms with Crippen molar-refractivity contribution in [2.24, 2.45) is 0 Å². The molecule has 144 valence electrons. The number of esters is 3. The summed E-state index contributed by atoms with van der Waals surface area (Å²) in [6, 6.07) is 1.45. The van der Waals surface area contributed by atoms with Crippen LogP contribution in [0.5, 0.6) is 0 Å². The zero-order chi connectivity index (χ0) is 20.6. The maximum absolute atomic E-state index is 12.1. The molecule has 27 heavy (non-hydrogen) atoms. The number of aromatic carboxylic acids is 2. The van der Waals surface area contributed by atoms with Gasteiger partial charge in [0, 0.05) is 6.08 Å². The minimum absolute atomic E-state index is 0.0620. The first-order valence-electron chi connectivity index (χ1n) is 7.50. The summed E-state index contributed by atoms with van der Waals surface area (Å²) in [5.41, 5.74) is -2.36. The van der Waals surface area contributed by atoms with E-state index in [0.717, 1.165) is 18.2 Å². The number of carbonyl (C=O) groups is 5. The largest absolute Gasteiger partial charge is 0.478 e. The van der Waals surface area contributed by atoms with Crippen molar-refractivity contribution in [1.82, 2.24) is 0 Å². The Hall–Kier alpha value is -3.69. The van der Waals surface area contributed by atoms with Gasteiger partial charge in [0.2, 0.25) is 0 Å². The van der Waals surface area contributed by atoms with Crippen LogP contribution in [0.4, 0.5) is 0 Å². The summed E-state index contributed by atoms with van der Waals surface area (Å²) in [5, 5.41) is 18.5. The number of hydrogen-bond acceptors (Lipinski definition) is 8. The predicted octanol–water partition coefficient (Wildman–Crippen LogP) is 1.15. The van der Waals surface area contributed by atoms with Crippen molar-refractivity contribution in [2.45, 2.75) is 6.92 Å². The maximum atomic E-state index is 12.1. The molecule has 2 N–H and O–H groups in total. The van der Waals surface area contributed by atoms with E-state index in [1.54, 1.807) is 0 Å². The van der Waals surface area contributed by atoms with Gasteiger partial charge in [0.15, 0.2) is 0 Å². The number of ether oxygens (including phenoxy) is 3. The molecule has 10 heteroatoms. The van der Waals surface area contributed by atoms with Crippen molar-refractivity contribution in [2.75, 3.05) is 19.8 Å². The van der Waals surface area contributed by atoms with Gasteiger partial charge in [-0.15, -0.1) is 0 Å². The molecule has 0 aliphatic heterocycles. The smallest absolute Gasteiger partial charge is 0.339 e. The fraction of sp³-hybridized carbons (Fsp3) is 0.235. The predicted molar refractivity (Wildman–Crippen MR) is 87.8 cm³/mol. The summed E-state index contributed by atoms with van der Waals surface area (Å²) in [6.45, 7) is 3.88. The van der Waals surface area contributed by atoms with E-state index < -0.39 is 58.7 Å². The number of carboxylic acid groups (broad SMARTS) is 2. The first kappa shape index (κ1) is 21.4. The maximum Gasteiger partial charge on any atom is 0.339 e. The van der Waals surface area contributed by atoms with Crippen LogP contribution in [0.25, 0.3) is 0 Å². The van der Waals surface area contributed by atoms with E-state index in [-0.39, 0.29) is 13.2 Å². The van der Waals surface area contributed by atoms with Crippen LogP contribution in [-0.4, -0.2) is 59.9 Å². The van der Waals surface area contributed by atoms with Gasteiger partial charge < -0.3 is 24.4 Å². The number of rotatable bonds is 9. The van der Waals surface area contributed by atoms with Crippen molar-refractivity contribution in [3.63, 3.8) is 0 Å². The third-order valence-corrected chi connectivity index (χ3v) is 3.06. The average Bonchev–Trinajstić information content (AvgIpc) is 2.63. The molecule has 0 radical (unpaired) electrons. The molecule has 1 aromatic carbocycles. The van der Waals surface area contributed by atoms with E-state index in [0.29, 0.717) is 0 Å². The highest BCUT2D eigenvalue weighted by Gasteiger charge is 2.27. The van der Waals surface area contributed by atoms with Gasteiger partial charge in [-0.05, 0) is 19.1 Å². The van der Waals surface area contributed by atoms with Crippen LogP contribution < -0.4 is 0 Å². The molecule has 0 bridgehead atoms. The standard InChI is InChI=1S/C17H16O10/c1-3-13(18)26-5-6-27-17(24)12-8-9(14(19)20)11(16(23)25-4-2)7-10(12)15(21)22/h3,7-8H,1,4-6H2,2H3,(H,19,20)(H,21,22). The Bertz CT molecular complexity index is 793. The second-order valence-electron chi connectivity index (χ2n) is 4.78. The van der Waals surface area contributed by atoms with Gasteiger partial charge in [-0.1, -0.05) is 6.58 Å². The Morgan fingerprint density at radius 3 is 1.70 bits per heavy atom. The Morgan fingerprint density at radius 1 is 0.852 bits per heavy atom. The number of benzene rings is 1. The first-order chi connectivity index (χ1) is 12.7. The highest BCUT2D eigenvalue weighted by atomic mass is 16.6. The number of carbonyl (C=O) groups excluding carboxylic acids is 3. The summed E-state index contributed by atoms with van der Waals surface area (Å²) >= 11 is 0. The van der Waals surface area contributed by atoms with Gasteiger partial charge in [0.25, 0.3) is 0 Å². The van der Waals surface area contributed by atoms with Crippen molar-refractivity contribution in [3.05, 3.63) is 47.0 Å². The second-order valence-corrected chi connectivity index (χ2v) is 4.78. The molecule has 0 aromatic heterocycles. The summed E-state index contributed by atoms with van der Waals surface area (Å²) < 4.78 is 14.1. The summed E-state index contributed by atoms with van der Waals surface area (Å²) in [4.78, 5) is 57.7. The van der Waals surface area contributed by atoms with E-state index in [9.17, 15) is 34.2 Å². The van der Waals surface area contributed by atoms with Gasteiger partial charge in [-0.2, -0.15) is 0 Å². The minimum Gasteiger partial charge on any atom is -0.478 e. The Labute approximate surface area is 152 Å². The fourth-order valence-electron chi connectivity index (χ4n) is 1.91. The lowest BCUT2D eigenvalue weighted by Gasteiger charge is -2.12. The lowest BCUT2D eigenvalue weighted by molar-refractivity contribution is -0.138. The highest BCUT2D eigenvalue weighted by Crippen LogP contribution is 2.20. The normalized spacial score (nSPS) is 9.81. The first-order valence-corrected chi connectivity index (χ1v) is 7.50. The number of carboxylic acids is 2. The van der Waals surface area contributed by atoms with E-state index in [1.165, 1.54) is 6.92 Å². The molecular formula is C17H16O10. The van der Waals surface area contributed by atoms with Crippen molar-refractivity contribution >= 4 is 29.8 Å². The Balaban J connectivity index is 3.19. The van der Waals surface area contributed by atoms with Crippen molar-refractivity contribution in [1.29, 1.82) is 0 Å². The Morgan fingerprint density at radius 2 is 1.30 bits per heavy atom. The van der Waals surface area contributed by atoms with Gasteiger partial charge in [0.05, 0.1) is 28.9 Å². The molecule has 0 heterocycles. The molecule has 1 rings (SSSR count). The van der Waals surface area contributed by atoms with E-state index in [2.05, 4.69) is 11.3 Å². The third kappa shape index (κ3) is 5.66. The van der Waals surface area contributed by atoms with Gasteiger partial charge in [-0.3, -0.25) is 0 Å². The van der Waals surface area contributed by atoms with Crippen LogP contribution in [-0.2, 0) is 19.0 Å². The monoisotopic (exact) mass is 380 g/mol. The SMILES string of the molecule is C=CC(=O)OCCOC(=O)c1cc(C(=O)O)c(C(=O)OCC)cc1C(=O)O. The average molecular weight is 380 g/mol. The van der Waals surface area contributed by atoms with Gasteiger partial charge >= 0.3 is 29.8 Å². The van der Waals surface area contributed by atoms with Gasteiger partial charge in [-0.25, -0.2) is 24.0 Å². The minimum atomic E-state index is -1.58. The molecule has 0 aliphatic rings. The van der Waals surface area contributed by atoms with Crippen LogP contribution in [0.3, 0.4) is 0 Å². The number of hydrogen-bond donors (Lipinski definition) is 2. The zero-order valence-corrected chi connectivity index (χ0v) is 14.2. The quantitative estimate of drug-likeness (QED) is 0.276. The molecule has 0 amide bonds. The Kier molecular flexibility index (Phi) is 7.68. The lowest BCUT2D eigenvalue weighted by Crippen LogP contribution is -2.19. The molecule has 0 saturated heterocycles. The molecule has 1 aromatic rings. The van der Waals surface area contributed by atoms with E-state index in [1.807, 2.05) is 0 Å². The van der Waals surface area contributed by atoms with E-state index >= 15 is 0 Å². The second kappa shape index (κ2) is 9.70. The summed E-state index contributed by atoms with van der Waals surface area (Å²) in [6.07, 6.45) is 0.900. The molecule has 0 fully saturated rings. The third-order valence-electron chi connectivity index (χ3n) is 3.06. The molecule has 0 spiro atoms. The highest BCUT2D eigenvalue weighted by molar-refractivity contribution is 6.09. The molecule has 0 saturated carbocycles.